The van der Waals surface area contributed by atoms with Gasteiger partial charge in [0, 0.05) is 11.9 Å². The molecular formula is C11H9ClN2O3S. The fourth-order valence-electron chi connectivity index (χ4n) is 1.56. The SMILES string of the molecule is CS(=O)(=O)c1ncc(C(=O)Cl)n1-c1ccccc1. The molecule has 5 nitrogen and oxygen atoms in total. The summed E-state index contributed by atoms with van der Waals surface area (Å²) in [7, 11) is -3.55. The Morgan fingerprint density at radius 3 is 2.39 bits per heavy atom. The van der Waals surface area contributed by atoms with E-state index in [1.807, 2.05) is 0 Å². The molecule has 0 N–H and O–H groups in total. The highest BCUT2D eigenvalue weighted by molar-refractivity contribution is 7.90. The van der Waals surface area contributed by atoms with Crippen molar-refractivity contribution in [2.75, 3.05) is 6.26 Å². The zero-order valence-electron chi connectivity index (χ0n) is 9.37. The summed E-state index contributed by atoms with van der Waals surface area (Å²) in [6.07, 6.45) is 2.18. The number of imidazole rings is 1. The summed E-state index contributed by atoms with van der Waals surface area (Å²) in [5, 5.41) is -0.973. The summed E-state index contributed by atoms with van der Waals surface area (Å²) in [5.74, 6) is 0. The van der Waals surface area contributed by atoms with Gasteiger partial charge in [0.05, 0.1) is 6.20 Å². The molecule has 0 atom stereocenters. The van der Waals surface area contributed by atoms with E-state index in [0.29, 0.717) is 5.69 Å². The van der Waals surface area contributed by atoms with E-state index in [1.54, 1.807) is 30.3 Å². The Hall–Kier alpha value is -1.66. The molecule has 0 fully saturated rings. The fraction of sp³-hybridized carbons (Fsp3) is 0.0909. The Bertz CT molecular complexity index is 692. The van der Waals surface area contributed by atoms with E-state index < -0.39 is 15.1 Å². The Morgan fingerprint density at radius 1 is 1.28 bits per heavy atom. The molecule has 0 aliphatic rings. The lowest BCUT2D eigenvalue weighted by Crippen LogP contribution is -2.11. The van der Waals surface area contributed by atoms with Crippen LogP contribution in [0.1, 0.15) is 10.5 Å². The molecule has 0 amide bonds. The van der Waals surface area contributed by atoms with Crippen molar-refractivity contribution in [3.63, 3.8) is 0 Å². The van der Waals surface area contributed by atoms with Gasteiger partial charge in [0.2, 0.25) is 15.0 Å². The van der Waals surface area contributed by atoms with Crippen LogP contribution in [-0.2, 0) is 9.84 Å². The van der Waals surface area contributed by atoms with Crippen LogP contribution in [0.4, 0.5) is 0 Å². The second-order valence-corrected chi connectivity index (χ2v) is 5.90. The number of hydrogen-bond acceptors (Lipinski definition) is 4. The molecule has 2 rings (SSSR count). The maximum Gasteiger partial charge on any atom is 0.270 e. The van der Waals surface area contributed by atoms with Gasteiger partial charge >= 0.3 is 0 Å². The highest BCUT2D eigenvalue weighted by Crippen LogP contribution is 2.19. The molecular weight excluding hydrogens is 276 g/mol. The number of carbonyl (C=O) groups excluding carboxylic acids is 1. The molecule has 0 spiro atoms. The molecule has 0 saturated heterocycles. The highest BCUT2D eigenvalue weighted by atomic mass is 35.5. The summed E-state index contributed by atoms with van der Waals surface area (Å²) in [6, 6.07) is 8.57. The van der Waals surface area contributed by atoms with Crippen LogP contribution < -0.4 is 0 Å². The monoisotopic (exact) mass is 284 g/mol. The molecule has 0 bridgehead atoms. The third kappa shape index (κ3) is 2.30. The van der Waals surface area contributed by atoms with E-state index >= 15 is 0 Å². The van der Waals surface area contributed by atoms with E-state index in [-0.39, 0.29) is 10.9 Å². The summed E-state index contributed by atoms with van der Waals surface area (Å²) < 4.78 is 24.5. The van der Waals surface area contributed by atoms with Crippen LogP contribution in [-0.4, -0.2) is 29.5 Å². The third-order valence-corrected chi connectivity index (χ3v) is 3.42. The summed E-state index contributed by atoms with van der Waals surface area (Å²) in [6.45, 7) is 0. The number of benzene rings is 1. The van der Waals surface area contributed by atoms with Gasteiger partial charge in [-0.25, -0.2) is 13.4 Å². The first-order valence-corrected chi connectivity index (χ1v) is 7.21. The van der Waals surface area contributed by atoms with Crippen LogP contribution in [0.25, 0.3) is 5.69 Å². The maximum absolute atomic E-state index is 11.6. The number of rotatable bonds is 3. The number of carbonyl (C=O) groups is 1. The van der Waals surface area contributed by atoms with Gasteiger partial charge in [-0.3, -0.25) is 9.36 Å². The van der Waals surface area contributed by atoms with E-state index in [4.69, 9.17) is 11.6 Å². The van der Waals surface area contributed by atoms with Crippen molar-refractivity contribution in [2.24, 2.45) is 0 Å². The molecule has 2 aromatic rings. The Labute approximate surface area is 109 Å². The molecule has 0 aliphatic carbocycles. The van der Waals surface area contributed by atoms with E-state index in [2.05, 4.69) is 4.98 Å². The first-order chi connectivity index (χ1) is 8.41. The lowest BCUT2D eigenvalue weighted by atomic mass is 10.3. The quantitative estimate of drug-likeness (QED) is 0.804. The van der Waals surface area contributed by atoms with Gasteiger partial charge in [0.15, 0.2) is 0 Å². The van der Waals surface area contributed by atoms with Crippen molar-refractivity contribution in [1.82, 2.24) is 9.55 Å². The third-order valence-electron chi connectivity index (χ3n) is 2.28. The van der Waals surface area contributed by atoms with Gasteiger partial charge in [-0.15, -0.1) is 0 Å². The summed E-state index contributed by atoms with van der Waals surface area (Å²) in [5.41, 5.74) is 0.530. The van der Waals surface area contributed by atoms with Crippen LogP contribution in [0.5, 0.6) is 0 Å². The van der Waals surface area contributed by atoms with Crippen LogP contribution in [0.2, 0.25) is 0 Å². The predicted molar refractivity (Wildman–Crippen MR) is 66.9 cm³/mol. The second kappa shape index (κ2) is 4.55. The van der Waals surface area contributed by atoms with Crippen LogP contribution in [0.3, 0.4) is 0 Å². The minimum Gasteiger partial charge on any atom is -0.279 e. The number of hydrogen-bond donors (Lipinski definition) is 0. The Balaban J connectivity index is 2.78. The average molecular weight is 285 g/mol. The zero-order chi connectivity index (χ0) is 13.3. The minimum atomic E-state index is -3.55. The number of halogens is 1. The molecule has 7 heteroatoms. The number of sulfone groups is 1. The van der Waals surface area contributed by atoms with E-state index in [0.717, 1.165) is 12.5 Å². The fourth-order valence-corrected chi connectivity index (χ4v) is 2.47. The van der Waals surface area contributed by atoms with Gasteiger partial charge in [-0.2, -0.15) is 0 Å². The number of nitrogens with zero attached hydrogens (tertiary/aromatic N) is 2. The van der Waals surface area contributed by atoms with Crippen molar-refractivity contribution in [3.8, 4) is 5.69 Å². The number of para-hydroxylation sites is 1. The minimum absolute atomic E-state index is 0.0169. The molecule has 1 aromatic carbocycles. The predicted octanol–water partition coefficient (Wildman–Crippen LogP) is 1.65. The lowest BCUT2D eigenvalue weighted by molar-refractivity contribution is 0.107. The Morgan fingerprint density at radius 2 is 1.89 bits per heavy atom. The van der Waals surface area contributed by atoms with Crippen molar-refractivity contribution in [1.29, 1.82) is 0 Å². The van der Waals surface area contributed by atoms with E-state index in [9.17, 15) is 13.2 Å². The molecule has 0 saturated carbocycles. The number of aromatic nitrogens is 2. The van der Waals surface area contributed by atoms with Gasteiger partial charge in [0.25, 0.3) is 5.24 Å². The normalized spacial score (nSPS) is 11.4. The van der Waals surface area contributed by atoms with Gasteiger partial charge in [-0.1, -0.05) is 18.2 Å². The van der Waals surface area contributed by atoms with Gasteiger partial charge in [-0.05, 0) is 23.7 Å². The molecule has 0 aliphatic heterocycles. The largest absolute Gasteiger partial charge is 0.279 e. The molecule has 94 valence electrons. The molecule has 0 radical (unpaired) electrons. The zero-order valence-corrected chi connectivity index (χ0v) is 10.9. The summed E-state index contributed by atoms with van der Waals surface area (Å²) >= 11 is 5.43. The maximum atomic E-state index is 11.6. The van der Waals surface area contributed by atoms with E-state index in [1.165, 1.54) is 4.57 Å². The van der Waals surface area contributed by atoms with Crippen LogP contribution >= 0.6 is 11.6 Å². The molecule has 1 heterocycles. The van der Waals surface area contributed by atoms with Gasteiger partial charge in [0.1, 0.15) is 5.69 Å². The molecule has 0 unspecified atom stereocenters. The lowest BCUT2D eigenvalue weighted by Gasteiger charge is -2.08. The first-order valence-electron chi connectivity index (χ1n) is 4.94. The van der Waals surface area contributed by atoms with Crippen LogP contribution in [0.15, 0.2) is 41.7 Å². The smallest absolute Gasteiger partial charge is 0.270 e. The summed E-state index contributed by atoms with van der Waals surface area (Å²) in [4.78, 5) is 15.0. The second-order valence-electron chi connectivity index (χ2n) is 3.64. The first kappa shape index (κ1) is 12.8. The standard InChI is InChI=1S/C11H9ClN2O3S/c1-18(16,17)11-13-7-9(10(12)15)14(11)8-5-3-2-4-6-8/h2-7H,1H3. The van der Waals surface area contributed by atoms with Crippen molar-refractivity contribution in [3.05, 3.63) is 42.2 Å². The van der Waals surface area contributed by atoms with Gasteiger partial charge < -0.3 is 0 Å². The van der Waals surface area contributed by atoms with Crippen molar-refractivity contribution >= 4 is 26.7 Å². The Kier molecular flexibility index (Phi) is 3.23. The molecule has 1 aromatic heterocycles. The van der Waals surface area contributed by atoms with Crippen LogP contribution in [0, 0.1) is 0 Å². The van der Waals surface area contributed by atoms with Crippen molar-refractivity contribution < 1.29 is 13.2 Å². The van der Waals surface area contributed by atoms with Crippen molar-refractivity contribution in [2.45, 2.75) is 5.16 Å². The molecule has 18 heavy (non-hydrogen) atoms. The topological polar surface area (TPSA) is 69.0 Å². The highest BCUT2D eigenvalue weighted by Gasteiger charge is 2.22. The average Bonchev–Trinajstić information content (AvgIpc) is 2.74.